The Kier molecular flexibility index (Phi) is 6.89. The van der Waals surface area contributed by atoms with Gasteiger partial charge in [-0.15, -0.1) is 0 Å². The third kappa shape index (κ3) is 4.75. The standard InChI is InChI=1S/C16H36N4P2Te3/c1-13(2,3)17-21-19(15(7,8)9)22(24-25-23-21,18-14(4,5)6)20(21)16(10,11)12/h1-12H3. The molecule has 3 saturated heterocycles. The molecule has 3 rings (SSSR count). The topological polar surface area (TPSA) is 31.2 Å². The molecule has 0 unspecified atom stereocenters. The van der Waals surface area contributed by atoms with Gasteiger partial charge < -0.3 is 0 Å². The van der Waals surface area contributed by atoms with E-state index in [1.165, 1.54) is 0 Å². The quantitative estimate of drug-likeness (QED) is 0.239. The van der Waals surface area contributed by atoms with Crippen molar-refractivity contribution in [2.24, 2.45) is 9.49 Å². The molecule has 0 aromatic carbocycles. The maximum absolute atomic E-state index is 5.68. The van der Waals surface area contributed by atoms with Crippen molar-refractivity contribution in [3.05, 3.63) is 0 Å². The van der Waals surface area contributed by atoms with Crippen molar-refractivity contribution in [3.8, 4) is 0 Å². The first-order chi connectivity index (χ1) is 10.9. The molecule has 0 aromatic heterocycles. The summed E-state index contributed by atoms with van der Waals surface area (Å²) in [6.07, 6.45) is 0. The molecule has 3 heterocycles. The van der Waals surface area contributed by atoms with Crippen LogP contribution in [0.15, 0.2) is 9.49 Å². The molecule has 0 N–H and O–H groups in total. The summed E-state index contributed by atoms with van der Waals surface area (Å²) in [7, 11) is 0. The van der Waals surface area contributed by atoms with Crippen LogP contribution in [0.25, 0.3) is 0 Å². The maximum atomic E-state index is 5.68. The number of fused-ring (bicyclic) bond motifs is 2. The van der Waals surface area contributed by atoms with Gasteiger partial charge in [0.2, 0.25) is 0 Å². The molecule has 4 nitrogen and oxygen atoms in total. The van der Waals surface area contributed by atoms with Crippen molar-refractivity contribution in [1.29, 1.82) is 0 Å². The fourth-order valence-corrected chi connectivity index (χ4v) is 191. The Morgan fingerprint density at radius 3 is 1.04 bits per heavy atom. The van der Waals surface area contributed by atoms with E-state index < -0.39 is 10.1 Å². The summed E-state index contributed by atoms with van der Waals surface area (Å²) in [6, 6.07) is 0. The van der Waals surface area contributed by atoms with E-state index in [4.69, 9.17) is 9.49 Å². The van der Waals surface area contributed by atoms with Crippen LogP contribution in [-0.4, -0.2) is 77.3 Å². The van der Waals surface area contributed by atoms with Crippen LogP contribution in [0.5, 0.6) is 0 Å². The number of nitrogens with zero attached hydrogens (tertiary/aromatic N) is 4. The Balaban J connectivity index is 2.88. The summed E-state index contributed by atoms with van der Waals surface area (Å²) in [5, 5.41) is -2.98. The second-order valence-corrected chi connectivity index (χ2v) is 64.2. The molecule has 148 valence electrons. The molecule has 2 bridgehead atoms. The van der Waals surface area contributed by atoms with Crippen LogP contribution in [0.1, 0.15) is 83.1 Å². The predicted octanol–water partition coefficient (Wildman–Crippen LogP) is 5.65. The average molecular weight is 729 g/mol. The number of hydrogen-bond donors (Lipinski definition) is 0. The first-order valence-electron chi connectivity index (χ1n) is 8.79. The molecule has 0 aromatic rings. The minimum absolute atomic E-state index is 0.0148. The molecule has 9 heteroatoms. The van der Waals surface area contributed by atoms with E-state index in [1.54, 1.807) is 0 Å². The van der Waals surface area contributed by atoms with Gasteiger partial charge in [0, 0.05) is 0 Å². The fourth-order valence-electron chi connectivity index (χ4n) is 3.20. The van der Waals surface area contributed by atoms with Crippen LogP contribution >= 0.6 is 10.1 Å². The average Bonchev–Trinajstić information content (AvgIpc) is 2.17. The predicted molar refractivity (Wildman–Crippen MR) is 119 cm³/mol. The molecule has 0 radical (unpaired) electrons. The Morgan fingerprint density at radius 2 is 0.840 bits per heavy atom. The van der Waals surface area contributed by atoms with E-state index >= 15 is 0 Å². The van der Waals surface area contributed by atoms with Crippen LogP contribution < -0.4 is 0 Å². The van der Waals surface area contributed by atoms with Crippen LogP contribution in [0, 0.1) is 0 Å². The van der Waals surface area contributed by atoms with E-state index in [1.807, 2.05) is 0 Å². The third-order valence-electron chi connectivity index (χ3n) is 3.31. The summed E-state index contributed by atoms with van der Waals surface area (Å²) in [4.78, 5) is 0. The molecular formula is C16H36N4P2Te3. The number of hydrogen-bond acceptors (Lipinski definition) is 2. The van der Waals surface area contributed by atoms with Crippen molar-refractivity contribution >= 4 is 56.3 Å². The monoisotopic (exact) mass is 736 g/mol. The summed E-state index contributed by atoms with van der Waals surface area (Å²) >= 11 is 0.285. The van der Waals surface area contributed by atoms with Gasteiger partial charge in [-0.2, -0.15) is 0 Å². The molecule has 0 aliphatic carbocycles. The van der Waals surface area contributed by atoms with Crippen molar-refractivity contribution in [1.82, 2.24) is 8.88 Å². The number of rotatable bonds is 0. The van der Waals surface area contributed by atoms with Crippen molar-refractivity contribution in [2.45, 2.75) is 105 Å². The molecule has 25 heavy (non-hydrogen) atoms. The SMILES string of the molecule is CC(C)(C)N=P12[Te][Te][Te]P(=NC(C)(C)C)(N1C(C)(C)C)N2C(C)(C)C. The first-order valence-corrected chi connectivity index (χ1v) is 32.8. The van der Waals surface area contributed by atoms with Crippen molar-refractivity contribution in [2.75, 3.05) is 0 Å². The Morgan fingerprint density at radius 1 is 0.560 bits per heavy atom. The van der Waals surface area contributed by atoms with Gasteiger partial charge in [0.15, 0.2) is 0 Å². The van der Waals surface area contributed by atoms with Crippen LogP contribution in [0.3, 0.4) is 0 Å². The van der Waals surface area contributed by atoms with Crippen molar-refractivity contribution < 1.29 is 0 Å². The van der Waals surface area contributed by atoms with Gasteiger partial charge in [-0.25, -0.2) is 0 Å². The summed E-state index contributed by atoms with van der Waals surface area (Å²) in [6.45, 7) is 28.4. The third-order valence-corrected chi connectivity index (χ3v) is 106. The van der Waals surface area contributed by atoms with Crippen molar-refractivity contribution in [3.63, 3.8) is 0 Å². The van der Waals surface area contributed by atoms with Crippen LogP contribution in [0.4, 0.5) is 0 Å². The molecule has 3 aliphatic heterocycles. The molecule has 0 spiro atoms. The zero-order valence-electron chi connectivity index (χ0n) is 17.9. The molecule has 0 amide bonds. The molecule has 0 saturated carbocycles. The molecule has 3 aliphatic rings. The van der Waals surface area contributed by atoms with Gasteiger partial charge in [-0.05, 0) is 0 Å². The van der Waals surface area contributed by atoms with Gasteiger partial charge in [-0.1, -0.05) is 0 Å². The normalized spacial score (nSPS) is 32.3. The van der Waals surface area contributed by atoms with Gasteiger partial charge in [0.1, 0.15) is 0 Å². The Labute approximate surface area is 178 Å². The molecular weight excluding hydrogens is 693 g/mol. The van der Waals surface area contributed by atoms with Crippen LogP contribution in [0.2, 0.25) is 0 Å². The van der Waals surface area contributed by atoms with E-state index in [0.717, 1.165) is 0 Å². The summed E-state index contributed by atoms with van der Waals surface area (Å²) < 4.78 is 17.3. The van der Waals surface area contributed by atoms with E-state index in [0.29, 0.717) is 0 Å². The zero-order chi connectivity index (χ0) is 19.7. The summed E-state index contributed by atoms with van der Waals surface area (Å²) in [5.74, 6) is 0. The van der Waals surface area contributed by atoms with Crippen LogP contribution in [-0.2, 0) is 0 Å². The van der Waals surface area contributed by atoms with E-state index in [9.17, 15) is 0 Å². The summed E-state index contributed by atoms with van der Waals surface area (Å²) in [5.41, 5.74) is 0.480. The van der Waals surface area contributed by atoms with Gasteiger partial charge in [0.25, 0.3) is 0 Å². The Bertz CT molecular complexity index is 576. The Hall–Kier alpha value is 2.75. The first kappa shape index (κ1) is 24.0. The minimum atomic E-state index is -1.49. The van der Waals surface area contributed by atoms with Gasteiger partial charge in [-0.3, -0.25) is 0 Å². The second kappa shape index (κ2) is 7.17. The van der Waals surface area contributed by atoms with E-state index in [2.05, 4.69) is 92.0 Å². The molecule has 3 fully saturated rings. The fraction of sp³-hybridized carbons (Fsp3) is 1.00. The van der Waals surface area contributed by atoms with Gasteiger partial charge in [0.05, 0.1) is 0 Å². The molecule has 0 atom stereocenters. The second-order valence-electron chi connectivity index (χ2n) is 10.7. The zero-order valence-corrected chi connectivity index (χ0v) is 26.7. The van der Waals surface area contributed by atoms with Gasteiger partial charge >= 0.3 is 180 Å². The van der Waals surface area contributed by atoms with E-state index in [-0.39, 0.29) is 68.4 Å².